The van der Waals surface area contributed by atoms with Gasteiger partial charge in [0, 0.05) is 6.07 Å². The van der Waals surface area contributed by atoms with E-state index in [1.54, 1.807) is 13.8 Å². The molecule has 33 heavy (non-hydrogen) atoms. The Morgan fingerprint density at radius 1 is 1.12 bits per heavy atom. The second kappa shape index (κ2) is 8.23. The van der Waals surface area contributed by atoms with Crippen LogP contribution in [-0.4, -0.2) is 19.5 Å². The summed E-state index contributed by atoms with van der Waals surface area (Å²) in [5.74, 6) is -2.68. The molecule has 0 amide bonds. The molecule has 1 unspecified atom stereocenters. The number of rotatable bonds is 4. The molecule has 0 radical (unpaired) electrons. The summed E-state index contributed by atoms with van der Waals surface area (Å²) < 4.78 is 43.3. The second-order valence-electron chi connectivity index (χ2n) is 7.24. The van der Waals surface area contributed by atoms with Gasteiger partial charge in [0.05, 0.1) is 22.9 Å². The molecule has 0 bridgehead atoms. The minimum absolute atomic E-state index is 0.00169. The number of nitrogen functional groups attached to an aromatic ring is 1. The number of benzene rings is 2. The van der Waals surface area contributed by atoms with E-state index in [2.05, 4.69) is 20.3 Å². The maximum Gasteiger partial charge on any atom is 0.269 e. The molecule has 4 aromatic rings. The van der Waals surface area contributed by atoms with Gasteiger partial charge < -0.3 is 11.1 Å². The number of hydrogen-bond donors (Lipinski definition) is 2. The first-order valence-electron chi connectivity index (χ1n) is 9.68. The van der Waals surface area contributed by atoms with Gasteiger partial charge in [-0.1, -0.05) is 6.07 Å². The summed E-state index contributed by atoms with van der Waals surface area (Å²) in [5, 5.41) is 12.1. The SMILES string of the molecule is Cc1nc(N)nc(NC(C)c2nc3cccc(F)c3c(=O)n2-c2cc(F)cc(F)c2)c1C#N. The minimum Gasteiger partial charge on any atom is -0.368 e. The van der Waals surface area contributed by atoms with E-state index in [1.165, 1.54) is 12.1 Å². The number of aromatic nitrogens is 4. The maximum absolute atomic E-state index is 14.5. The van der Waals surface area contributed by atoms with E-state index in [4.69, 9.17) is 5.73 Å². The predicted molar refractivity (Wildman–Crippen MR) is 115 cm³/mol. The van der Waals surface area contributed by atoms with Crippen molar-refractivity contribution in [1.82, 2.24) is 19.5 Å². The van der Waals surface area contributed by atoms with Crippen LogP contribution in [0.15, 0.2) is 41.2 Å². The molecule has 2 aromatic carbocycles. The third-order valence-electron chi connectivity index (χ3n) is 4.94. The fraction of sp³-hybridized carbons (Fsp3) is 0.136. The molecule has 11 heteroatoms. The summed E-state index contributed by atoms with van der Waals surface area (Å²) in [4.78, 5) is 25.7. The van der Waals surface area contributed by atoms with Gasteiger partial charge in [0.25, 0.3) is 5.56 Å². The summed E-state index contributed by atoms with van der Waals surface area (Å²) in [5.41, 5.74) is 5.16. The number of anilines is 2. The van der Waals surface area contributed by atoms with Crippen LogP contribution in [0.2, 0.25) is 0 Å². The van der Waals surface area contributed by atoms with Crippen LogP contribution in [0.1, 0.15) is 30.0 Å². The molecule has 4 rings (SSSR count). The molecular formula is C22H16F3N7O. The molecule has 8 nitrogen and oxygen atoms in total. The monoisotopic (exact) mass is 451 g/mol. The number of hydrogen-bond acceptors (Lipinski definition) is 7. The molecule has 0 saturated carbocycles. The number of fused-ring (bicyclic) bond motifs is 1. The predicted octanol–water partition coefficient (Wildman–Crippen LogP) is 3.53. The third kappa shape index (κ3) is 3.94. The van der Waals surface area contributed by atoms with Crippen molar-refractivity contribution in [2.75, 3.05) is 11.1 Å². The molecule has 2 heterocycles. The lowest BCUT2D eigenvalue weighted by Gasteiger charge is -2.21. The lowest BCUT2D eigenvalue weighted by Crippen LogP contribution is -2.28. The number of nitriles is 1. The van der Waals surface area contributed by atoms with E-state index in [9.17, 15) is 23.2 Å². The molecule has 0 aliphatic heterocycles. The van der Waals surface area contributed by atoms with Crippen molar-refractivity contribution in [1.29, 1.82) is 5.26 Å². The van der Waals surface area contributed by atoms with Gasteiger partial charge in [0.15, 0.2) is 0 Å². The quantitative estimate of drug-likeness (QED) is 0.487. The van der Waals surface area contributed by atoms with Crippen LogP contribution in [0.25, 0.3) is 16.6 Å². The molecule has 0 fully saturated rings. The molecule has 1 atom stereocenters. The van der Waals surface area contributed by atoms with Crippen molar-refractivity contribution >= 4 is 22.7 Å². The summed E-state index contributed by atoms with van der Waals surface area (Å²) in [7, 11) is 0. The topological polar surface area (TPSA) is 123 Å². The molecule has 0 spiro atoms. The Balaban J connectivity index is 1.97. The highest BCUT2D eigenvalue weighted by molar-refractivity contribution is 5.78. The molecule has 0 aliphatic carbocycles. The van der Waals surface area contributed by atoms with Crippen LogP contribution in [-0.2, 0) is 0 Å². The Morgan fingerprint density at radius 2 is 1.82 bits per heavy atom. The Bertz CT molecular complexity index is 1490. The van der Waals surface area contributed by atoms with Crippen molar-refractivity contribution < 1.29 is 13.2 Å². The van der Waals surface area contributed by atoms with Gasteiger partial charge in [-0.2, -0.15) is 10.2 Å². The Labute approximate surface area is 185 Å². The van der Waals surface area contributed by atoms with E-state index in [-0.39, 0.29) is 39.7 Å². The normalized spacial score (nSPS) is 11.9. The first-order valence-corrected chi connectivity index (χ1v) is 9.68. The number of nitrogens with two attached hydrogens (primary N) is 1. The van der Waals surface area contributed by atoms with Crippen LogP contribution >= 0.6 is 0 Å². The van der Waals surface area contributed by atoms with Crippen molar-refractivity contribution in [3.63, 3.8) is 0 Å². The highest BCUT2D eigenvalue weighted by Crippen LogP contribution is 2.25. The zero-order valence-corrected chi connectivity index (χ0v) is 17.4. The van der Waals surface area contributed by atoms with Gasteiger partial charge in [-0.25, -0.2) is 23.1 Å². The average molecular weight is 451 g/mol. The van der Waals surface area contributed by atoms with Gasteiger partial charge in [0.1, 0.15) is 46.1 Å². The minimum atomic E-state index is -0.928. The summed E-state index contributed by atoms with van der Waals surface area (Å²) in [6, 6.07) is 7.58. The van der Waals surface area contributed by atoms with Crippen LogP contribution in [0.4, 0.5) is 24.9 Å². The fourth-order valence-electron chi connectivity index (χ4n) is 3.52. The van der Waals surface area contributed by atoms with Crippen LogP contribution in [0, 0.1) is 35.7 Å². The zero-order valence-electron chi connectivity index (χ0n) is 17.4. The van der Waals surface area contributed by atoms with E-state index in [0.717, 1.165) is 22.8 Å². The van der Waals surface area contributed by atoms with Crippen molar-refractivity contribution in [2.24, 2.45) is 0 Å². The van der Waals surface area contributed by atoms with E-state index < -0.39 is 29.1 Å². The zero-order chi connectivity index (χ0) is 23.9. The van der Waals surface area contributed by atoms with Gasteiger partial charge in [0.2, 0.25) is 5.95 Å². The second-order valence-corrected chi connectivity index (χ2v) is 7.24. The van der Waals surface area contributed by atoms with E-state index >= 15 is 0 Å². The van der Waals surface area contributed by atoms with Gasteiger partial charge >= 0.3 is 0 Å². The summed E-state index contributed by atoms with van der Waals surface area (Å²) >= 11 is 0. The molecule has 3 N–H and O–H groups in total. The smallest absolute Gasteiger partial charge is 0.269 e. The van der Waals surface area contributed by atoms with Crippen molar-refractivity contribution in [2.45, 2.75) is 19.9 Å². The van der Waals surface area contributed by atoms with E-state index in [1.807, 2.05) is 6.07 Å². The van der Waals surface area contributed by atoms with Gasteiger partial charge in [-0.3, -0.25) is 9.36 Å². The number of halogens is 3. The number of nitrogens with zero attached hydrogens (tertiary/aromatic N) is 5. The standard InChI is InChI=1S/C22H16F3N7O/c1-10-15(9-26)19(31-22(27)29-10)28-11(2)20-30-17-5-3-4-16(25)18(17)21(33)32(20)14-7-12(23)6-13(24)8-14/h3-8,11H,1-2H3,(H3,27,28,29,31). The molecule has 0 saturated heterocycles. The number of aryl methyl sites for hydroxylation is 1. The molecule has 0 aliphatic rings. The van der Waals surface area contributed by atoms with Crippen molar-refractivity contribution in [3.05, 3.63) is 81.3 Å². The highest BCUT2D eigenvalue weighted by Gasteiger charge is 2.22. The fourth-order valence-corrected chi connectivity index (χ4v) is 3.52. The molecule has 166 valence electrons. The van der Waals surface area contributed by atoms with E-state index in [0.29, 0.717) is 11.8 Å². The maximum atomic E-state index is 14.5. The van der Waals surface area contributed by atoms with Gasteiger partial charge in [-0.15, -0.1) is 0 Å². The first-order chi connectivity index (χ1) is 15.7. The summed E-state index contributed by atoms with van der Waals surface area (Å²) in [6.07, 6.45) is 0. The Kier molecular flexibility index (Phi) is 5.43. The first kappa shape index (κ1) is 21.8. The third-order valence-corrected chi connectivity index (χ3v) is 4.94. The summed E-state index contributed by atoms with van der Waals surface area (Å²) in [6.45, 7) is 3.17. The molecular weight excluding hydrogens is 435 g/mol. The lowest BCUT2D eigenvalue weighted by atomic mass is 10.1. The largest absolute Gasteiger partial charge is 0.368 e. The average Bonchev–Trinajstić information content (AvgIpc) is 2.72. The number of nitrogens with one attached hydrogen (secondary N) is 1. The Morgan fingerprint density at radius 3 is 2.48 bits per heavy atom. The van der Waals surface area contributed by atoms with Crippen molar-refractivity contribution in [3.8, 4) is 11.8 Å². The highest BCUT2D eigenvalue weighted by atomic mass is 19.1. The lowest BCUT2D eigenvalue weighted by molar-refractivity contribution is 0.579. The van der Waals surface area contributed by atoms with Gasteiger partial charge in [-0.05, 0) is 38.1 Å². The van der Waals surface area contributed by atoms with Crippen LogP contribution in [0.3, 0.4) is 0 Å². The van der Waals surface area contributed by atoms with Crippen LogP contribution < -0.4 is 16.6 Å². The Hall–Kier alpha value is -4.46. The van der Waals surface area contributed by atoms with Crippen LogP contribution in [0.5, 0.6) is 0 Å². The molecule has 2 aromatic heterocycles.